The largest absolute Gasteiger partial charge is 0.314 e. The van der Waals surface area contributed by atoms with Gasteiger partial charge < -0.3 is 5.32 Å². The Morgan fingerprint density at radius 3 is 2.45 bits per heavy atom. The van der Waals surface area contributed by atoms with E-state index in [1.165, 1.54) is 50.9 Å². The normalized spacial score (nSPS) is 20.6. The van der Waals surface area contributed by atoms with E-state index < -0.39 is 0 Å². The third-order valence-electron chi connectivity index (χ3n) is 4.33. The summed E-state index contributed by atoms with van der Waals surface area (Å²) in [5.41, 5.74) is 1.26. The van der Waals surface area contributed by atoms with Crippen molar-refractivity contribution >= 4 is 24.0 Å². The van der Waals surface area contributed by atoms with Gasteiger partial charge in [0.05, 0.1) is 0 Å². The first-order valence-corrected chi connectivity index (χ1v) is 7.88. The molecule has 0 unspecified atom stereocenters. The third kappa shape index (κ3) is 4.63. The van der Waals surface area contributed by atoms with E-state index in [-0.39, 0.29) is 12.4 Å². The quantitative estimate of drug-likeness (QED) is 0.891. The number of halogens is 2. The van der Waals surface area contributed by atoms with Crippen LogP contribution in [0.15, 0.2) is 24.3 Å². The molecule has 4 heteroatoms. The lowest BCUT2D eigenvalue weighted by atomic mass is 10.0. The molecule has 0 bridgehead atoms. The molecule has 1 N–H and O–H groups in total. The molecular weight excluding hydrogens is 291 g/mol. The molecule has 2 fully saturated rings. The van der Waals surface area contributed by atoms with E-state index in [9.17, 15) is 0 Å². The smallest absolute Gasteiger partial charge is 0.0451 e. The standard InChI is InChI=1S/C16H23ClN2.ClH/c17-16-4-2-1-3-14(16)12-19-9-7-15(8-10-19)18-11-13-5-6-13;/h1-4,13,15,18H,5-12H2;1H. The lowest BCUT2D eigenvalue weighted by molar-refractivity contribution is 0.190. The third-order valence-corrected chi connectivity index (χ3v) is 4.70. The van der Waals surface area contributed by atoms with Crippen LogP contribution < -0.4 is 5.32 Å². The van der Waals surface area contributed by atoms with Crippen molar-refractivity contribution in [3.8, 4) is 0 Å². The second-order valence-corrected chi connectivity index (χ2v) is 6.40. The number of rotatable bonds is 5. The number of hydrogen-bond acceptors (Lipinski definition) is 2. The van der Waals surface area contributed by atoms with Crippen molar-refractivity contribution in [3.05, 3.63) is 34.9 Å². The number of nitrogens with zero attached hydrogens (tertiary/aromatic N) is 1. The Morgan fingerprint density at radius 2 is 1.80 bits per heavy atom. The highest BCUT2D eigenvalue weighted by molar-refractivity contribution is 6.31. The van der Waals surface area contributed by atoms with Crippen LogP contribution in [0.3, 0.4) is 0 Å². The van der Waals surface area contributed by atoms with Crippen LogP contribution in [0.2, 0.25) is 5.02 Å². The molecule has 112 valence electrons. The van der Waals surface area contributed by atoms with Crippen LogP contribution in [0, 0.1) is 5.92 Å². The van der Waals surface area contributed by atoms with Gasteiger partial charge in [0.2, 0.25) is 0 Å². The zero-order valence-electron chi connectivity index (χ0n) is 11.9. The fourth-order valence-corrected chi connectivity index (χ4v) is 3.01. The molecule has 0 amide bonds. The molecule has 2 nitrogen and oxygen atoms in total. The van der Waals surface area contributed by atoms with Crippen molar-refractivity contribution in [2.45, 2.75) is 38.3 Å². The van der Waals surface area contributed by atoms with Gasteiger partial charge in [-0.05, 0) is 62.9 Å². The minimum Gasteiger partial charge on any atom is -0.314 e. The zero-order chi connectivity index (χ0) is 13.1. The van der Waals surface area contributed by atoms with Crippen LogP contribution in [-0.2, 0) is 6.54 Å². The average molecular weight is 315 g/mol. The molecule has 0 aromatic heterocycles. The fourth-order valence-electron chi connectivity index (χ4n) is 2.82. The first-order chi connectivity index (χ1) is 9.31. The van der Waals surface area contributed by atoms with Crippen molar-refractivity contribution in [2.24, 2.45) is 5.92 Å². The monoisotopic (exact) mass is 314 g/mol. The second-order valence-electron chi connectivity index (χ2n) is 5.99. The van der Waals surface area contributed by atoms with Crippen molar-refractivity contribution in [1.29, 1.82) is 0 Å². The van der Waals surface area contributed by atoms with Gasteiger partial charge in [-0.25, -0.2) is 0 Å². The molecule has 1 aliphatic heterocycles. The minimum atomic E-state index is 0. The summed E-state index contributed by atoms with van der Waals surface area (Å²) in [5, 5.41) is 4.63. The highest BCUT2D eigenvalue weighted by Gasteiger charge is 2.24. The molecule has 20 heavy (non-hydrogen) atoms. The van der Waals surface area contributed by atoms with E-state index in [0.29, 0.717) is 0 Å². The van der Waals surface area contributed by atoms with Crippen LogP contribution in [0.25, 0.3) is 0 Å². The summed E-state index contributed by atoms with van der Waals surface area (Å²) in [6, 6.07) is 8.94. The summed E-state index contributed by atoms with van der Waals surface area (Å²) in [4.78, 5) is 2.52. The molecule has 2 aliphatic rings. The molecule has 1 aromatic carbocycles. The maximum absolute atomic E-state index is 6.22. The Hall–Kier alpha value is -0.280. The van der Waals surface area contributed by atoms with E-state index in [1.54, 1.807) is 0 Å². The van der Waals surface area contributed by atoms with Crippen molar-refractivity contribution < 1.29 is 0 Å². The predicted octanol–water partition coefficient (Wildman–Crippen LogP) is 3.73. The first-order valence-electron chi connectivity index (χ1n) is 7.50. The summed E-state index contributed by atoms with van der Waals surface area (Å²) in [6.45, 7) is 4.62. The van der Waals surface area contributed by atoms with Crippen molar-refractivity contribution in [2.75, 3.05) is 19.6 Å². The maximum atomic E-state index is 6.22. The molecule has 1 saturated heterocycles. The summed E-state index contributed by atoms with van der Waals surface area (Å²) in [7, 11) is 0. The number of nitrogens with one attached hydrogen (secondary N) is 1. The number of likely N-dealkylation sites (tertiary alicyclic amines) is 1. The molecule has 1 heterocycles. The maximum Gasteiger partial charge on any atom is 0.0451 e. The van der Waals surface area contributed by atoms with Crippen LogP contribution in [-0.4, -0.2) is 30.6 Å². The second kappa shape index (κ2) is 7.65. The SMILES string of the molecule is Cl.Clc1ccccc1CN1CCC(NCC2CC2)CC1. The average Bonchev–Trinajstić information content (AvgIpc) is 3.25. The molecule has 1 aromatic rings. The molecule has 0 atom stereocenters. The number of hydrogen-bond donors (Lipinski definition) is 1. The van der Waals surface area contributed by atoms with Crippen LogP contribution in [0.4, 0.5) is 0 Å². The summed E-state index contributed by atoms with van der Waals surface area (Å²) in [5.74, 6) is 0.987. The molecule has 3 rings (SSSR count). The van der Waals surface area contributed by atoms with Gasteiger partial charge >= 0.3 is 0 Å². The topological polar surface area (TPSA) is 15.3 Å². The number of benzene rings is 1. The lowest BCUT2D eigenvalue weighted by Crippen LogP contribution is -2.42. The summed E-state index contributed by atoms with van der Waals surface area (Å²) < 4.78 is 0. The van der Waals surface area contributed by atoms with Gasteiger partial charge in [-0.1, -0.05) is 29.8 Å². The van der Waals surface area contributed by atoms with Gasteiger partial charge in [0, 0.05) is 17.6 Å². The van der Waals surface area contributed by atoms with E-state index in [2.05, 4.69) is 22.3 Å². The lowest BCUT2D eigenvalue weighted by Gasteiger charge is -2.32. The Balaban J connectivity index is 0.00000147. The van der Waals surface area contributed by atoms with E-state index in [4.69, 9.17) is 11.6 Å². The zero-order valence-corrected chi connectivity index (χ0v) is 13.4. The Kier molecular flexibility index (Phi) is 6.16. The van der Waals surface area contributed by atoms with Gasteiger partial charge in [0.25, 0.3) is 0 Å². The van der Waals surface area contributed by atoms with Gasteiger partial charge in [0.15, 0.2) is 0 Å². The first kappa shape index (κ1) is 16.1. The summed E-state index contributed by atoms with van der Waals surface area (Å²) >= 11 is 6.22. The Labute approximate surface area is 133 Å². The van der Waals surface area contributed by atoms with Crippen LogP contribution in [0.1, 0.15) is 31.2 Å². The van der Waals surface area contributed by atoms with Crippen molar-refractivity contribution in [1.82, 2.24) is 10.2 Å². The molecule has 0 spiro atoms. The van der Waals surface area contributed by atoms with Gasteiger partial charge in [-0.15, -0.1) is 12.4 Å². The van der Waals surface area contributed by atoms with E-state index in [1.807, 2.05) is 12.1 Å². The molecular formula is C16H24Cl2N2. The highest BCUT2D eigenvalue weighted by Crippen LogP contribution is 2.28. The summed E-state index contributed by atoms with van der Waals surface area (Å²) in [6.07, 6.45) is 5.44. The Bertz CT molecular complexity index is 413. The fraction of sp³-hybridized carbons (Fsp3) is 0.625. The molecule has 1 saturated carbocycles. The Morgan fingerprint density at radius 1 is 1.10 bits per heavy atom. The predicted molar refractivity (Wildman–Crippen MR) is 87.7 cm³/mol. The van der Waals surface area contributed by atoms with Gasteiger partial charge in [0.1, 0.15) is 0 Å². The minimum absolute atomic E-state index is 0. The van der Waals surface area contributed by atoms with Gasteiger partial charge in [-0.3, -0.25) is 4.90 Å². The number of piperidine rings is 1. The van der Waals surface area contributed by atoms with Crippen molar-refractivity contribution in [3.63, 3.8) is 0 Å². The van der Waals surface area contributed by atoms with Crippen LogP contribution in [0.5, 0.6) is 0 Å². The highest BCUT2D eigenvalue weighted by atomic mass is 35.5. The van der Waals surface area contributed by atoms with E-state index >= 15 is 0 Å². The van der Waals surface area contributed by atoms with Gasteiger partial charge in [-0.2, -0.15) is 0 Å². The van der Waals surface area contributed by atoms with E-state index in [0.717, 1.165) is 23.5 Å². The molecule has 1 aliphatic carbocycles. The van der Waals surface area contributed by atoms with Crippen LogP contribution >= 0.6 is 24.0 Å². The molecule has 0 radical (unpaired) electrons.